The Bertz CT molecular complexity index is 1080. The molecule has 1 N–H and O–H groups in total. The maximum absolute atomic E-state index is 15.1. The second-order valence-electron chi connectivity index (χ2n) is 10.1. The van der Waals surface area contributed by atoms with Crippen LogP contribution in [0.15, 0.2) is 42.5 Å². The van der Waals surface area contributed by atoms with Gasteiger partial charge in [0.2, 0.25) is 0 Å². The molecule has 2 unspecified atom stereocenters. The van der Waals surface area contributed by atoms with Crippen LogP contribution in [0.2, 0.25) is 0 Å². The van der Waals surface area contributed by atoms with E-state index < -0.39 is 35.5 Å². The number of nitrogens with zero attached hydrogens (tertiary/aromatic N) is 1. The molecular weight excluding hydrogens is 498 g/mol. The highest BCUT2D eigenvalue weighted by Gasteiger charge is 2.35. The van der Waals surface area contributed by atoms with E-state index in [4.69, 9.17) is 14.2 Å². The lowest BCUT2D eigenvalue weighted by Crippen LogP contribution is -2.44. The van der Waals surface area contributed by atoms with E-state index in [2.05, 4.69) is 10.1 Å². The number of benzene rings is 2. The van der Waals surface area contributed by atoms with Crippen LogP contribution in [0.5, 0.6) is 5.75 Å². The van der Waals surface area contributed by atoms with Crippen LogP contribution in [-0.2, 0) is 20.8 Å². The highest BCUT2D eigenvalue weighted by molar-refractivity contribution is 5.68. The number of ether oxygens (including phenoxy) is 4. The van der Waals surface area contributed by atoms with Crippen LogP contribution in [0.25, 0.3) is 0 Å². The Morgan fingerprint density at radius 1 is 1.16 bits per heavy atom. The first-order valence-corrected chi connectivity index (χ1v) is 12.6. The summed E-state index contributed by atoms with van der Waals surface area (Å²) in [7, 11) is 1.25. The van der Waals surface area contributed by atoms with E-state index in [-0.39, 0.29) is 43.5 Å². The van der Waals surface area contributed by atoms with E-state index >= 15 is 4.39 Å². The number of hydrogen-bond donors (Lipinski definition) is 1. The van der Waals surface area contributed by atoms with Gasteiger partial charge in [-0.2, -0.15) is 0 Å². The summed E-state index contributed by atoms with van der Waals surface area (Å²) >= 11 is 0. The molecule has 0 saturated carbocycles. The van der Waals surface area contributed by atoms with Gasteiger partial charge in [0, 0.05) is 37.2 Å². The summed E-state index contributed by atoms with van der Waals surface area (Å²) in [4.78, 5) is 25.8. The number of amides is 2. The SMILES string of the molecule is COC(=O)NCCOC(c1cc(F)cc(F)c1OCc1ccccc1)C1CCCN(C(=O)OC(C)(C)C)C1. The smallest absolute Gasteiger partial charge is 0.410 e. The number of alkyl carbamates (subject to hydrolysis) is 1. The average Bonchev–Trinajstić information content (AvgIpc) is 2.87. The van der Waals surface area contributed by atoms with Crippen molar-refractivity contribution >= 4 is 12.2 Å². The van der Waals surface area contributed by atoms with Crippen molar-refractivity contribution in [1.29, 1.82) is 0 Å². The van der Waals surface area contributed by atoms with Gasteiger partial charge in [-0.1, -0.05) is 30.3 Å². The van der Waals surface area contributed by atoms with Gasteiger partial charge in [0.05, 0.1) is 19.8 Å². The highest BCUT2D eigenvalue weighted by Crippen LogP contribution is 2.39. The molecule has 10 heteroatoms. The van der Waals surface area contributed by atoms with E-state index in [1.54, 1.807) is 25.7 Å². The standard InChI is InChI=1S/C28H36F2N2O6/c1-28(2,3)38-27(34)32-13-8-11-20(17-32)24(36-14-12-31-26(33)35-4)22-15-21(29)16-23(30)25(22)37-18-19-9-6-5-7-10-19/h5-7,9-10,15-16,20,24H,8,11-14,17-18H2,1-4H3,(H,31,33). The van der Waals surface area contributed by atoms with Crippen molar-refractivity contribution < 1.29 is 37.3 Å². The Morgan fingerprint density at radius 3 is 2.58 bits per heavy atom. The molecule has 1 saturated heterocycles. The maximum atomic E-state index is 15.1. The Kier molecular flexibility index (Phi) is 10.3. The van der Waals surface area contributed by atoms with Crippen molar-refractivity contribution in [1.82, 2.24) is 10.2 Å². The van der Waals surface area contributed by atoms with Gasteiger partial charge in [0.25, 0.3) is 0 Å². The topological polar surface area (TPSA) is 86.3 Å². The van der Waals surface area contributed by atoms with E-state index in [1.165, 1.54) is 13.2 Å². The van der Waals surface area contributed by atoms with Gasteiger partial charge in [0.1, 0.15) is 18.0 Å². The van der Waals surface area contributed by atoms with E-state index in [0.717, 1.165) is 11.6 Å². The summed E-state index contributed by atoms with van der Waals surface area (Å²) in [6, 6.07) is 11.2. The Balaban J connectivity index is 1.88. The van der Waals surface area contributed by atoms with E-state index in [0.29, 0.717) is 19.4 Å². The third-order valence-corrected chi connectivity index (χ3v) is 5.96. The van der Waals surface area contributed by atoms with Crippen LogP contribution in [0.1, 0.15) is 50.8 Å². The zero-order valence-corrected chi connectivity index (χ0v) is 22.3. The number of methoxy groups -OCH3 is 1. The number of halogens is 2. The van der Waals surface area contributed by atoms with Crippen molar-refractivity contribution in [2.24, 2.45) is 5.92 Å². The molecule has 208 valence electrons. The largest absolute Gasteiger partial charge is 0.485 e. The number of rotatable bonds is 9. The summed E-state index contributed by atoms with van der Waals surface area (Å²) in [6.45, 7) is 6.36. The summed E-state index contributed by atoms with van der Waals surface area (Å²) in [5.41, 5.74) is 0.354. The number of hydrogen-bond acceptors (Lipinski definition) is 6. The van der Waals surface area contributed by atoms with E-state index in [1.807, 2.05) is 30.3 Å². The zero-order valence-electron chi connectivity index (χ0n) is 22.3. The van der Waals surface area contributed by atoms with Crippen LogP contribution in [0, 0.1) is 17.6 Å². The zero-order chi connectivity index (χ0) is 27.7. The minimum absolute atomic E-state index is 0.0406. The number of likely N-dealkylation sites (tertiary alicyclic amines) is 1. The minimum Gasteiger partial charge on any atom is -0.485 e. The first-order valence-electron chi connectivity index (χ1n) is 12.6. The Hall–Kier alpha value is -3.40. The van der Waals surface area contributed by atoms with Gasteiger partial charge < -0.3 is 29.2 Å². The molecule has 1 aliphatic rings. The van der Waals surface area contributed by atoms with Crippen molar-refractivity contribution in [3.8, 4) is 5.75 Å². The second-order valence-corrected chi connectivity index (χ2v) is 10.1. The molecule has 0 aromatic heterocycles. The van der Waals surface area contributed by atoms with Crippen LogP contribution >= 0.6 is 0 Å². The van der Waals surface area contributed by atoms with Gasteiger partial charge in [0.15, 0.2) is 11.6 Å². The predicted octanol–water partition coefficient (Wildman–Crippen LogP) is 5.60. The molecule has 0 bridgehead atoms. The molecule has 0 aliphatic carbocycles. The molecule has 0 radical (unpaired) electrons. The summed E-state index contributed by atoms with van der Waals surface area (Å²) in [6.07, 6.45) is -0.607. The lowest BCUT2D eigenvalue weighted by molar-refractivity contribution is -0.0259. The van der Waals surface area contributed by atoms with Crippen LogP contribution in [0.3, 0.4) is 0 Å². The van der Waals surface area contributed by atoms with Crippen LogP contribution < -0.4 is 10.1 Å². The van der Waals surface area contributed by atoms with Gasteiger partial charge >= 0.3 is 12.2 Å². The molecular formula is C28H36F2N2O6. The number of piperidine rings is 1. The molecule has 0 spiro atoms. The monoisotopic (exact) mass is 534 g/mol. The first kappa shape index (κ1) is 29.2. The van der Waals surface area contributed by atoms with Crippen LogP contribution in [-0.4, -0.2) is 56.0 Å². The quantitative estimate of drug-likeness (QED) is 0.421. The normalized spacial score (nSPS) is 16.5. The molecule has 1 heterocycles. The fourth-order valence-electron chi connectivity index (χ4n) is 4.31. The molecule has 38 heavy (non-hydrogen) atoms. The highest BCUT2D eigenvalue weighted by atomic mass is 19.1. The third kappa shape index (κ3) is 8.58. The molecule has 8 nitrogen and oxygen atoms in total. The average molecular weight is 535 g/mol. The summed E-state index contributed by atoms with van der Waals surface area (Å²) in [5.74, 6) is -2.05. The molecule has 2 amide bonds. The maximum Gasteiger partial charge on any atom is 0.410 e. The lowest BCUT2D eigenvalue weighted by Gasteiger charge is -2.38. The minimum atomic E-state index is -0.850. The first-order chi connectivity index (χ1) is 18.1. The van der Waals surface area contributed by atoms with Crippen molar-refractivity contribution in [3.63, 3.8) is 0 Å². The lowest BCUT2D eigenvalue weighted by atomic mass is 9.87. The molecule has 2 atom stereocenters. The van der Waals surface area contributed by atoms with E-state index in [9.17, 15) is 14.0 Å². The predicted molar refractivity (Wildman–Crippen MR) is 137 cm³/mol. The number of carbonyl (C=O) groups is 2. The Labute approximate surface area is 222 Å². The third-order valence-electron chi connectivity index (χ3n) is 5.96. The number of nitrogens with one attached hydrogen (secondary N) is 1. The van der Waals surface area contributed by atoms with Crippen LogP contribution in [0.4, 0.5) is 18.4 Å². The summed E-state index contributed by atoms with van der Waals surface area (Å²) in [5, 5.41) is 2.53. The molecule has 1 fully saturated rings. The van der Waals surface area contributed by atoms with Gasteiger partial charge in [-0.15, -0.1) is 0 Å². The van der Waals surface area contributed by atoms with Crippen molar-refractivity contribution in [2.45, 2.75) is 51.9 Å². The van der Waals surface area contributed by atoms with Crippen molar-refractivity contribution in [2.75, 3.05) is 33.4 Å². The van der Waals surface area contributed by atoms with Gasteiger partial charge in [-0.05, 0) is 45.2 Å². The molecule has 3 rings (SSSR count). The van der Waals surface area contributed by atoms with Gasteiger partial charge in [-0.25, -0.2) is 18.4 Å². The molecule has 2 aromatic rings. The fourth-order valence-corrected chi connectivity index (χ4v) is 4.31. The second kappa shape index (κ2) is 13.4. The number of carbonyl (C=O) groups excluding carboxylic acids is 2. The molecule has 1 aliphatic heterocycles. The molecule has 2 aromatic carbocycles. The summed E-state index contributed by atoms with van der Waals surface area (Å²) < 4.78 is 51.7. The van der Waals surface area contributed by atoms with Gasteiger partial charge in [-0.3, -0.25) is 0 Å². The fraction of sp³-hybridized carbons (Fsp3) is 0.500. The van der Waals surface area contributed by atoms with Crippen molar-refractivity contribution in [3.05, 3.63) is 65.2 Å². The Morgan fingerprint density at radius 2 is 1.89 bits per heavy atom.